The zero-order valence-electron chi connectivity index (χ0n) is 14.1. The molecular formula is C18H23N3O2S. The number of carbonyl (C=O) groups is 1. The average Bonchev–Trinajstić information content (AvgIpc) is 3.01. The summed E-state index contributed by atoms with van der Waals surface area (Å²) in [6.45, 7) is 4.09. The number of aryl methyl sites for hydroxylation is 1. The number of nitrogens with one attached hydrogen (secondary N) is 2. The van der Waals surface area contributed by atoms with E-state index in [1.165, 1.54) is 0 Å². The van der Waals surface area contributed by atoms with Crippen LogP contribution in [-0.4, -0.2) is 36.7 Å². The van der Waals surface area contributed by atoms with Gasteiger partial charge in [-0.15, -0.1) is 11.3 Å². The molecule has 0 aliphatic carbocycles. The van der Waals surface area contributed by atoms with Gasteiger partial charge in [0.1, 0.15) is 10.6 Å². The number of carbonyl (C=O) groups excluding carboxylic acids is 1. The van der Waals surface area contributed by atoms with Crippen LogP contribution in [0.5, 0.6) is 0 Å². The number of methoxy groups -OCH3 is 1. The highest BCUT2D eigenvalue weighted by Crippen LogP contribution is 2.28. The zero-order chi connectivity index (χ0) is 17.0. The van der Waals surface area contributed by atoms with Gasteiger partial charge in [-0.05, 0) is 32.9 Å². The Kier molecular flexibility index (Phi) is 5.28. The molecule has 128 valence electrons. The second-order valence-electron chi connectivity index (χ2n) is 6.02. The Balaban J connectivity index is 1.68. The number of ether oxygens (including phenoxy) is 1. The van der Waals surface area contributed by atoms with E-state index < -0.39 is 5.60 Å². The van der Waals surface area contributed by atoms with E-state index in [1.54, 1.807) is 18.4 Å². The third-order valence-electron chi connectivity index (χ3n) is 4.54. The molecule has 0 atom stereocenters. The van der Waals surface area contributed by atoms with Gasteiger partial charge in [-0.2, -0.15) is 0 Å². The lowest BCUT2D eigenvalue weighted by atomic mass is 9.91. The van der Waals surface area contributed by atoms with E-state index in [9.17, 15) is 4.79 Å². The summed E-state index contributed by atoms with van der Waals surface area (Å²) in [6, 6.07) is 10.1. The maximum Gasteiger partial charge on any atom is 0.252 e. The Morgan fingerprint density at radius 1 is 1.33 bits per heavy atom. The van der Waals surface area contributed by atoms with Crippen molar-refractivity contribution in [2.24, 2.45) is 0 Å². The number of hydrogen-bond donors (Lipinski definition) is 2. The first kappa shape index (κ1) is 17.1. The van der Waals surface area contributed by atoms with Crippen molar-refractivity contribution in [1.29, 1.82) is 0 Å². The molecule has 2 N–H and O–H groups in total. The Labute approximate surface area is 146 Å². The largest absolute Gasteiger partial charge is 0.368 e. The van der Waals surface area contributed by atoms with Crippen molar-refractivity contribution in [2.75, 3.05) is 20.2 Å². The molecule has 0 saturated carbocycles. The smallest absolute Gasteiger partial charge is 0.252 e. The Hall–Kier alpha value is -1.76. The summed E-state index contributed by atoms with van der Waals surface area (Å²) in [5.74, 6) is -0.0273. The van der Waals surface area contributed by atoms with E-state index in [-0.39, 0.29) is 5.91 Å². The molecule has 0 spiro atoms. The number of thiazole rings is 1. The van der Waals surface area contributed by atoms with Crippen LogP contribution in [0.4, 0.5) is 0 Å². The predicted molar refractivity (Wildman–Crippen MR) is 96.0 cm³/mol. The van der Waals surface area contributed by atoms with Crippen LogP contribution in [-0.2, 0) is 16.1 Å². The highest BCUT2D eigenvalue weighted by molar-refractivity contribution is 7.15. The molecule has 0 radical (unpaired) electrons. The van der Waals surface area contributed by atoms with Gasteiger partial charge in [-0.3, -0.25) is 4.79 Å². The van der Waals surface area contributed by atoms with Crippen molar-refractivity contribution < 1.29 is 9.53 Å². The Morgan fingerprint density at radius 2 is 2.04 bits per heavy atom. The van der Waals surface area contributed by atoms with Crippen molar-refractivity contribution in [2.45, 2.75) is 31.9 Å². The minimum Gasteiger partial charge on any atom is -0.368 e. The lowest BCUT2D eigenvalue weighted by Crippen LogP contribution is -2.53. The molecule has 0 bridgehead atoms. The van der Waals surface area contributed by atoms with Gasteiger partial charge in [-0.1, -0.05) is 30.3 Å². The maximum atomic E-state index is 12.6. The maximum absolute atomic E-state index is 12.6. The normalized spacial score (nSPS) is 16.8. The number of rotatable bonds is 5. The number of aromatic nitrogens is 1. The van der Waals surface area contributed by atoms with E-state index in [1.807, 2.05) is 25.1 Å². The molecule has 1 aliphatic heterocycles. The summed E-state index contributed by atoms with van der Waals surface area (Å²) < 4.78 is 5.57. The fourth-order valence-electron chi connectivity index (χ4n) is 2.97. The molecule has 5 nitrogen and oxygen atoms in total. The van der Waals surface area contributed by atoms with Gasteiger partial charge in [0, 0.05) is 17.6 Å². The Morgan fingerprint density at radius 3 is 2.71 bits per heavy atom. The van der Waals surface area contributed by atoms with Gasteiger partial charge in [0.25, 0.3) is 5.91 Å². The molecule has 6 heteroatoms. The summed E-state index contributed by atoms with van der Waals surface area (Å²) in [5.41, 5.74) is 1.37. The topological polar surface area (TPSA) is 63.2 Å². The summed E-state index contributed by atoms with van der Waals surface area (Å²) >= 11 is 1.63. The molecule has 1 aromatic heterocycles. The predicted octanol–water partition coefficient (Wildman–Crippen LogP) is 2.50. The number of nitrogens with zero attached hydrogens (tertiary/aromatic N) is 1. The van der Waals surface area contributed by atoms with Crippen molar-refractivity contribution in [3.8, 4) is 10.6 Å². The fourth-order valence-corrected chi connectivity index (χ4v) is 3.98. The first-order valence-corrected chi connectivity index (χ1v) is 9.02. The molecule has 24 heavy (non-hydrogen) atoms. The number of hydrogen-bond acceptors (Lipinski definition) is 5. The number of piperidine rings is 1. The zero-order valence-corrected chi connectivity index (χ0v) is 14.9. The molecule has 3 rings (SSSR count). The molecule has 1 fully saturated rings. The molecule has 2 aromatic rings. The number of amides is 1. The molecule has 0 unspecified atom stereocenters. The van der Waals surface area contributed by atoms with Gasteiger partial charge in [-0.25, -0.2) is 4.98 Å². The summed E-state index contributed by atoms with van der Waals surface area (Å²) in [7, 11) is 1.62. The van der Waals surface area contributed by atoms with Crippen LogP contribution < -0.4 is 10.6 Å². The van der Waals surface area contributed by atoms with E-state index >= 15 is 0 Å². The molecule has 1 saturated heterocycles. The molecule has 1 aromatic carbocycles. The Bertz CT molecular complexity index is 694. The molecule has 1 aliphatic rings. The van der Waals surface area contributed by atoms with E-state index in [0.717, 1.165) is 34.2 Å². The summed E-state index contributed by atoms with van der Waals surface area (Å²) in [6.07, 6.45) is 1.40. The second kappa shape index (κ2) is 7.42. The lowest BCUT2D eigenvalue weighted by Gasteiger charge is -2.34. The third kappa shape index (κ3) is 3.50. The fraction of sp³-hybridized carbons (Fsp3) is 0.444. The summed E-state index contributed by atoms with van der Waals surface area (Å²) in [4.78, 5) is 18.4. The number of benzene rings is 1. The van der Waals surface area contributed by atoms with Gasteiger partial charge in [0.15, 0.2) is 0 Å². The standard InChI is InChI=1S/C18H23N3O2S/c1-13-15(24-16(21-13)14-6-4-3-5-7-14)12-20-17(22)18(23-2)8-10-19-11-9-18/h3-7,19H,8-12H2,1-2H3,(H,20,22). The van der Waals surface area contributed by atoms with Crippen molar-refractivity contribution >= 4 is 17.2 Å². The minimum absolute atomic E-state index is 0.0273. The highest BCUT2D eigenvalue weighted by Gasteiger charge is 2.39. The van der Waals surface area contributed by atoms with E-state index in [0.29, 0.717) is 19.4 Å². The van der Waals surface area contributed by atoms with Gasteiger partial charge in [0.05, 0.1) is 12.2 Å². The van der Waals surface area contributed by atoms with Crippen LogP contribution in [0.1, 0.15) is 23.4 Å². The highest BCUT2D eigenvalue weighted by atomic mass is 32.1. The first-order chi connectivity index (χ1) is 11.6. The SMILES string of the molecule is COC1(C(=O)NCc2sc(-c3ccccc3)nc2C)CCNCC1. The van der Waals surface area contributed by atoms with Gasteiger partial charge in [0.2, 0.25) is 0 Å². The van der Waals surface area contributed by atoms with Gasteiger partial charge < -0.3 is 15.4 Å². The molecule has 1 amide bonds. The van der Waals surface area contributed by atoms with Crippen LogP contribution in [0.3, 0.4) is 0 Å². The molecule has 2 heterocycles. The minimum atomic E-state index is -0.702. The summed E-state index contributed by atoms with van der Waals surface area (Å²) in [5, 5.41) is 7.30. The van der Waals surface area contributed by atoms with Crippen LogP contribution in [0.15, 0.2) is 30.3 Å². The van der Waals surface area contributed by atoms with Crippen LogP contribution >= 0.6 is 11.3 Å². The van der Waals surface area contributed by atoms with E-state index in [2.05, 4.69) is 27.8 Å². The van der Waals surface area contributed by atoms with Crippen molar-refractivity contribution in [3.63, 3.8) is 0 Å². The average molecular weight is 345 g/mol. The van der Waals surface area contributed by atoms with Crippen LogP contribution in [0.25, 0.3) is 10.6 Å². The lowest BCUT2D eigenvalue weighted by molar-refractivity contribution is -0.146. The third-order valence-corrected chi connectivity index (χ3v) is 5.75. The monoisotopic (exact) mass is 345 g/mol. The van der Waals surface area contributed by atoms with Crippen LogP contribution in [0.2, 0.25) is 0 Å². The first-order valence-electron chi connectivity index (χ1n) is 8.20. The second-order valence-corrected chi connectivity index (χ2v) is 7.11. The van der Waals surface area contributed by atoms with E-state index in [4.69, 9.17) is 4.74 Å². The molecular weight excluding hydrogens is 322 g/mol. The van der Waals surface area contributed by atoms with Crippen LogP contribution in [0, 0.1) is 6.92 Å². The quantitative estimate of drug-likeness (QED) is 0.874. The van der Waals surface area contributed by atoms with Crippen molar-refractivity contribution in [3.05, 3.63) is 40.9 Å². The van der Waals surface area contributed by atoms with Gasteiger partial charge >= 0.3 is 0 Å². The van der Waals surface area contributed by atoms with Crippen molar-refractivity contribution in [1.82, 2.24) is 15.6 Å².